The predicted molar refractivity (Wildman–Crippen MR) is 77.1 cm³/mol. The van der Waals surface area contributed by atoms with Gasteiger partial charge in [-0.25, -0.2) is 13.1 Å². The quantitative estimate of drug-likeness (QED) is 0.845. The summed E-state index contributed by atoms with van der Waals surface area (Å²) in [6.07, 6.45) is 2.17. The number of hydrogen-bond donors (Lipinski definition) is 2. The fourth-order valence-corrected chi connectivity index (χ4v) is 3.71. The molecule has 1 aliphatic carbocycles. The molecule has 7 heteroatoms. The van der Waals surface area contributed by atoms with Crippen molar-refractivity contribution in [2.75, 3.05) is 13.6 Å². The number of sulfonamides is 1. The van der Waals surface area contributed by atoms with E-state index in [1.807, 2.05) is 0 Å². The van der Waals surface area contributed by atoms with Crippen LogP contribution in [0.1, 0.15) is 18.4 Å². The fraction of sp³-hybridized carbons (Fsp3) is 0.500. The molecule has 0 aliphatic heterocycles. The standard InChI is InChI=1S/C12H16Cl2N2O2S/c1-15-7-9-4-12(11(14)5-10(9)13)19(17,18)16-6-8-2-3-8/h4-5,8,15-16H,2-3,6-7H2,1H3. The van der Waals surface area contributed by atoms with Crippen LogP contribution in [-0.2, 0) is 16.6 Å². The number of nitrogens with one attached hydrogen (secondary N) is 2. The minimum absolute atomic E-state index is 0.0875. The van der Waals surface area contributed by atoms with E-state index in [4.69, 9.17) is 23.2 Å². The lowest BCUT2D eigenvalue weighted by Gasteiger charge is -2.11. The van der Waals surface area contributed by atoms with Gasteiger partial charge in [0.05, 0.1) is 5.02 Å². The zero-order chi connectivity index (χ0) is 14.0. The average molecular weight is 323 g/mol. The lowest BCUT2D eigenvalue weighted by Crippen LogP contribution is -2.26. The molecule has 0 unspecified atom stereocenters. The molecule has 1 fully saturated rings. The first-order valence-corrected chi connectivity index (χ1v) is 8.30. The van der Waals surface area contributed by atoms with Gasteiger partial charge >= 0.3 is 0 Å². The molecule has 1 saturated carbocycles. The molecule has 0 radical (unpaired) electrons. The summed E-state index contributed by atoms with van der Waals surface area (Å²) >= 11 is 12.0. The molecule has 106 valence electrons. The first-order chi connectivity index (χ1) is 8.94. The Kier molecular flexibility index (Phi) is 4.74. The van der Waals surface area contributed by atoms with E-state index in [0.29, 0.717) is 29.6 Å². The molecule has 0 heterocycles. The molecule has 0 amide bonds. The highest BCUT2D eigenvalue weighted by Gasteiger charge is 2.26. The summed E-state index contributed by atoms with van der Waals surface area (Å²) in [5.41, 5.74) is 0.709. The van der Waals surface area contributed by atoms with E-state index < -0.39 is 10.0 Å². The Labute approximate surface area is 123 Å². The second-order valence-corrected chi connectivity index (χ2v) is 7.25. The highest BCUT2D eigenvalue weighted by Crippen LogP contribution is 2.31. The average Bonchev–Trinajstić information content (AvgIpc) is 3.14. The Bertz CT molecular complexity index is 571. The molecule has 0 atom stereocenters. The molecule has 1 aliphatic rings. The molecule has 1 aromatic rings. The maximum Gasteiger partial charge on any atom is 0.242 e. The van der Waals surface area contributed by atoms with Crippen LogP contribution in [0.4, 0.5) is 0 Å². The zero-order valence-corrected chi connectivity index (χ0v) is 12.9. The van der Waals surface area contributed by atoms with Gasteiger partial charge in [-0.15, -0.1) is 0 Å². The second-order valence-electron chi connectivity index (χ2n) is 4.70. The van der Waals surface area contributed by atoms with Crippen molar-refractivity contribution in [2.24, 2.45) is 5.92 Å². The molecule has 2 rings (SSSR count). The number of benzene rings is 1. The highest BCUT2D eigenvalue weighted by atomic mass is 35.5. The Morgan fingerprint density at radius 2 is 1.95 bits per heavy atom. The zero-order valence-electron chi connectivity index (χ0n) is 10.5. The van der Waals surface area contributed by atoms with Gasteiger partial charge in [0.15, 0.2) is 0 Å². The predicted octanol–water partition coefficient (Wildman–Crippen LogP) is 2.40. The first-order valence-electron chi connectivity index (χ1n) is 6.06. The molecule has 1 aromatic carbocycles. The Morgan fingerprint density at radius 3 is 2.53 bits per heavy atom. The summed E-state index contributed by atoms with van der Waals surface area (Å²) in [6.45, 7) is 0.962. The van der Waals surface area contributed by atoms with Crippen LogP contribution in [0.5, 0.6) is 0 Å². The molecule has 0 bridgehead atoms. The number of hydrogen-bond acceptors (Lipinski definition) is 3. The number of rotatable bonds is 6. The van der Waals surface area contributed by atoms with Gasteiger partial charge in [0.1, 0.15) is 4.90 Å². The molecule has 0 spiro atoms. The van der Waals surface area contributed by atoms with Crippen LogP contribution in [0, 0.1) is 5.92 Å². The van der Waals surface area contributed by atoms with Gasteiger partial charge in [-0.3, -0.25) is 0 Å². The van der Waals surface area contributed by atoms with E-state index >= 15 is 0 Å². The minimum atomic E-state index is -3.57. The van der Waals surface area contributed by atoms with Crippen LogP contribution in [0.2, 0.25) is 10.0 Å². The monoisotopic (exact) mass is 322 g/mol. The van der Waals surface area contributed by atoms with E-state index in [9.17, 15) is 8.42 Å². The van der Waals surface area contributed by atoms with Crippen molar-refractivity contribution < 1.29 is 8.42 Å². The summed E-state index contributed by atoms with van der Waals surface area (Å²) < 4.78 is 27.0. The van der Waals surface area contributed by atoms with E-state index in [2.05, 4.69) is 10.0 Å². The third-order valence-corrected chi connectivity index (χ3v) is 5.26. The second kappa shape index (κ2) is 5.97. The normalized spacial score (nSPS) is 15.7. The van der Waals surface area contributed by atoms with Gasteiger partial charge < -0.3 is 5.32 Å². The van der Waals surface area contributed by atoms with Crippen molar-refractivity contribution >= 4 is 33.2 Å². The van der Waals surface area contributed by atoms with Gasteiger partial charge in [0, 0.05) is 18.1 Å². The van der Waals surface area contributed by atoms with Crippen LogP contribution >= 0.6 is 23.2 Å². The fourth-order valence-electron chi connectivity index (χ4n) is 1.73. The summed E-state index contributed by atoms with van der Waals surface area (Å²) in [6, 6.07) is 3.00. The van der Waals surface area contributed by atoms with Crippen LogP contribution in [-0.4, -0.2) is 22.0 Å². The summed E-state index contributed by atoms with van der Waals surface area (Å²) in [7, 11) is -1.80. The molecular formula is C12H16Cl2N2O2S. The Morgan fingerprint density at radius 1 is 1.26 bits per heavy atom. The summed E-state index contributed by atoms with van der Waals surface area (Å²) in [5.74, 6) is 0.470. The Balaban J connectivity index is 2.28. The molecule has 0 aromatic heterocycles. The Hall–Kier alpha value is -0.330. The third kappa shape index (κ3) is 3.83. The van der Waals surface area contributed by atoms with E-state index in [-0.39, 0.29) is 9.92 Å². The summed E-state index contributed by atoms with van der Waals surface area (Å²) in [5, 5.41) is 3.55. The van der Waals surface area contributed by atoms with Crippen LogP contribution < -0.4 is 10.0 Å². The van der Waals surface area contributed by atoms with Crippen LogP contribution in [0.25, 0.3) is 0 Å². The third-order valence-electron chi connectivity index (χ3n) is 3.02. The molecular weight excluding hydrogens is 307 g/mol. The smallest absolute Gasteiger partial charge is 0.242 e. The van der Waals surface area contributed by atoms with Crippen LogP contribution in [0.15, 0.2) is 17.0 Å². The molecule has 2 N–H and O–H groups in total. The van der Waals surface area contributed by atoms with Crippen LogP contribution in [0.3, 0.4) is 0 Å². The van der Waals surface area contributed by atoms with E-state index in [1.54, 1.807) is 7.05 Å². The van der Waals surface area contributed by atoms with E-state index in [0.717, 1.165) is 12.8 Å². The lowest BCUT2D eigenvalue weighted by molar-refractivity contribution is 0.577. The van der Waals surface area contributed by atoms with Gasteiger partial charge in [-0.2, -0.15) is 0 Å². The summed E-state index contributed by atoms with van der Waals surface area (Å²) in [4.78, 5) is 0.0875. The maximum atomic E-state index is 12.2. The van der Waals surface area contributed by atoms with Gasteiger partial charge in [-0.1, -0.05) is 23.2 Å². The molecule has 19 heavy (non-hydrogen) atoms. The van der Waals surface area contributed by atoms with Crippen molar-refractivity contribution in [1.29, 1.82) is 0 Å². The highest BCUT2D eigenvalue weighted by molar-refractivity contribution is 7.89. The van der Waals surface area contributed by atoms with Crippen molar-refractivity contribution in [3.8, 4) is 0 Å². The van der Waals surface area contributed by atoms with Gasteiger partial charge in [-0.05, 0) is 43.5 Å². The van der Waals surface area contributed by atoms with Gasteiger partial charge in [0.25, 0.3) is 0 Å². The minimum Gasteiger partial charge on any atom is -0.316 e. The maximum absolute atomic E-state index is 12.2. The first kappa shape index (κ1) is 15.1. The van der Waals surface area contributed by atoms with Crippen molar-refractivity contribution in [1.82, 2.24) is 10.0 Å². The van der Waals surface area contributed by atoms with Crippen molar-refractivity contribution in [3.05, 3.63) is 27.7 Å². The SMILES string of the molecule is CNCc1cc(S(=O)(=O)NCC2CC2)c(Cl)cc1Cl. The van der Waals surface area contributed by atoms with E-state index in [1.165, 1.54) is 12.1 Å². The lowest BCUT2D eigenvalue weighted by atomic mass is 10.2. The van der Waals surface area contributed by atoms with Crippen molar-refractivity contribution in [3.63, 3.8) is 0 Å². The largest absolute Gasteiger partial charge is 0.316 e. The number of halogens is 2. The van der Waals surface area contributed by atoms with Gasteiger partial charge in [0.2, 0.25) is 10.0 Å². The van der Waals surface area contributed by atoms with Crippen molar-refractivity contribution in [2.45, 2.75) is 24.3 Å². The topological polar surface area (TPSA) is 58.2 Å². The molecule has 4 nitrogen and oxygen atoms in total. The molecule has 0 saturated heterocycles.